The van der Waals surface area contributed by atoms with Crippen LogP contribution in [0.4, 0.5) is 4.39 Å². The molecule has 94 valence electrons. The lowest BCUT2D eigenvalue weighted by Gasteiger charge is -1.99. The number of carbonyl (C=O) groups excluding carboxylic acids is 1. The van der Waals surface area contributed by atoms with Crippen LogP contribution >= 0.6 is 15.9 Å². The number of aromatic nitrogens is 2. The topological polar surface area (TPSA) is 55.0 Å². The van der Waals surface area contributed by atoms with Crippen molar-refractivity contribution in [2.75, 3.05) is 6.61 Å². The van der Waals surface area contributed by atoms with Crippen LogP contribution in [-0.4, -0.2) is 22.5 Å². The second-order valence-corrected chi connectivity index (χ2v) is 4.39. The Balaban J connectivity index is 2.32. The van der Waals surface area contributed by atoms with Gasteiger partial charge in [-0.2, -0.15) is 0 Å². The van der Waals surface area contributed by atoms with Crippen molar-refractivity contribution in [2.45, 2.75) is 6.92 Å². The van der Waals surface area contributed by atoms with Gasteiger partial charge in [-0.1, -0.05) is 15.9 Å². The normalized spacial score (nSPS) is 10.4. The number of nitrogens with one attached hydrogen (secondary N) is 1. The van der Waals surface area contributed by atoms with Gasteiger partial charge in [-0.15, -0.1) is 0 Å². The Morgan fingerprint density at radius 3 is 3.00 bits per heavy atom. The van der Waals surface area contributed by atoms with E-state index in [2.05, 4.69) is 25.9 Å². The lowest BCUT2D eigenvalue weighted by molar-refractivity contribution is 0.0520. The van der Waals surface area contributed by atoms with Crippen molar-refractivity contribution in [2.24, 2.45) is 0 Å². The quantitative estimate of drug-likeness (QED) is 0.886. The summed E-state index contributed by atoms with van der Waals surface area (Å²) in [6, 6.07) is 4.61. The summed E-state index contributed by atoms with van der Waals surface area (Å²) in [7, 11) is 0. The van der Waals surface area contributed by atoms with Crippen LogP contribution in [-0.2, 0) is 4.74 Å². The number of benzene rings is 1. The second-order valence-electron chi connectivity index (χ2n) is 3.48. The number of imidazole rings is 1. The number of carbonyl (C=O) groups is 1. The van der Waals surface area contributed by atoms with E-state index in [1.54, 1.807) is 19.1 Å². The highest BCUT2D eigenvalue weighted by atomic mass is 79.9. The Bertz CT molecular complexity index is 583. The fraction of sp³-hybridized carbons (Fsp3) is 0.167. The van der Waals surface area contributed by atoms with E-state index in [0.29, 0.717) is 15.9 Å². The van der Waals surface area contributed by atoms with Gasteiger partial charge in [0.05, 0.1) is 12.2 Å². The molecule has 18 heavy (non-hydrogen) atoms. The lowest BCUT2D eigenvalue weighted by atomic mass is 10.2. The molecule has 0 saturated heterocycles. The maximum atomic E-state index is 13.7. The molecule has 0 bridgehead atoms. The molecular weight excluding hydrogens is 303 g/mol. The lowest BCUT2D eigenvalue weighted by Crippen LogP contribution is -2.04. The second kappa shape index (κ2) is 5.30. The molecule has 0 spiro atoms. The molecule has 0 fully saturated rings. The predicted molar refractivity (Wildman–Crippen MR) is 67.6 cm³/mol. The van der Waals surface area contributed by atoms with Crippen LogP contribution in [0.25, 0.3) is 11.4 Å². The summed E-state index contributed by atoms with van der Waals surface area (Å²) in [5.41, 5.74) is 0.433. The van der Waals surface area contributed by atoms with Crippen LogP contribution < -0.4 is 0 Å². The molecule has 0 amide bonds. The molecule has 6 heteroatoms. The van der Waals surface area contributed by atoms with E-state index in [1.807, 2.05) is 0 Å². The van der Waals surface area contributed by atoms with Crippen LogP contribution in [0.15, 0.2) is 28.9 Å². The van der Waals surface area contributed by atoms with Crippen LogP contribution in [0.5, 0.6) is 0 Å². The van der Waals surface area contributed by atoms with Gasteiger partial charge in [0.2, 0.25) is 0 Å². The molecule has 1 aromatic heterocycles. The maximum Gasteiger partial charge on any atom is 0.358 e. The Morgan fingerprint density at radius 1 is 1.56 bits per heavy atom. The first-order chi connectivity index (χ1) is 8.61. The first kappa shape index (κ1) is 12.8. The van der Waals surface area contributed by atoms with Crippen molar-refractivity contribution in [1.82, 2.24) is 9.97 Å². The molecule has 2 rings (SSSR count). The summed E-state index contributed by atoms with van der Waals surface area (Å²) in [6.45, 7) is 1.98. The molecular formula is C12H10BrFN2O2. The minimum absolute atomic E-state index is 0.133. The van der Waals surface area contributed by atoms with Crippen molar-refractivity contribution in [1.29, 1.82) is 0 Å². The van der Waals surface area contributed by atoms with Gasteiger partial charge in [-0.05, 0) is 25.1 Å². The third kappa shape index (κ3) is 2.59. The van der Waals surface area contributed by atoms with Crippen molar-refractivity contribution in [3.8, 4) is 11.4 Å². The van der Waals surface area contributed by atoms with Gasteiger partial charge in [0.15, 0.2) is 5.69 Å². The van der Waals surface area contributed by atoms with Gasteiger partial charge in [-0.3, -0.25) is 0 Å². The van der Waals surface area contributed by atoms with Crippen LogP contribution in [0.1, 0.15) is 17.4 Å². The number of aromatic amines is 1. The number of hydrogen-bond donors (Lipinski definition) is 1. The molecule has 0 radical (unpaired) electrons. The van der Waals surface area contributed by atoms with E-state index in [9.17, 15) is 9.18 Å². The van der Waals surface area contributed by atoms with Crippen molar-refractivity contribution >= 4 is 21.9 Å². The van der Waals surface area contributed by atoms with Crippen molar-refractivity contribution < 1.29 is 13.9 Å². The summed E-state index contributed by atoms with van der Waals surface area (Å²) in [6.07, 6.45) is 1.40. The van der Waals surface area contributed by atoms with Crippen LogP contribution in [0.3, 0.4) is 0 Å². The molecule has 2 aromatic rings. The Hall–Kier alpha value is -1.69. The summed E-state index contributed by atoms with van der Waals surface area (Å²) >= 11 is 3.17. The number of esters is 1. The molecule has 0 aliphatic carbocycles. The van der Waals surface area contributed by atoms with E-state index < -0.39 is 11.8 Å². The van der Waals surface area contributed by atoms with Crippen LogP contribution in [0, 0.1) is 5.82 Å². The SMILES string of the molecule is CCOC(=O)c1c[nH]c(-c2ccc(Br)cc2F)n1. The zero-order valence-electron chi connectivity index (χ0n) is 9.54. The first-order valence-electron chi connectivity index (χ1n) is 5.29. The average Bonchev–Trinajstić information content (AvgIpc) is 2.78. The highest BCUT2D eigenvalue weighted by molar-refractivity contribution is 9.10. The molecule has 1 heterocycles. The zero-order valence-corrected chi connectivity index (χ0v) is 11.1. The van der Waals surface area contributed by atoms with E-state index in [4.69, 9.17) is 4.74 Å². The number of ether oxygens (including phenoxy) is 1. The monoisotopic (exact) mass is 312 g/mol. The highest BCUT2D eigenvalue weighted by Crippen LogP contribution is 2.23. The van der Waals surface area contributed by atoms with Crippen LogP contribution in [0.2, 0.25) is 0 Å². The fourth-order valence-electron chi connectivity index (χ4n) is 1.45. The number of H-pyrrole nitrogens is 1. The van der Waals surface area contributed by atoms with Gasteiger partial charge >= 0.3 is 5.97 Å². The number of nitrogens with zero attached hydrogens (tertiary/aromatic N) is 1. The number of hydrogen-bond acceptors (Lipinski definition) is 3. The van der Waals surface area contributed by atoms with Gasteiger partial charge in [0.25, 0.3) is 0 Å². The summed E-state index contributed by atoms with van der Waals surface area (Å²) in [5, 5.41) is 0. The summed E-state index contributed by atoms with van der Waals surface area (Å²) in [4.78, 5) is 18.2. The Morgan fingerprint density at radius 2 is 2.33 bits per heavy atom. The van der Waals surface area contributed by atoms with Gasteiger partial charge in [-0.25, -0.2) is 14.2 Å². The molecule has 4 nitrogen and oxygen atoms in total. The standard InChI is InChI=1S/C12H10BrFN2O2/c1-2-18-12(17)10-6-15-11(16-10)8-4-3-7(13)5-9(8)14/h3-6H,2H2,1H3,(H,15,16). The zero-order chi connectivity index (χ0) is 13.1. The molecule has 0 saturated carbocycles. The summed E-state index contributed by atoms with van der Waals surface area (Å²) in [5.74, 6) is -0.658. The maximum absolute atomic E-state index is 13.7. The van der Waals surface area contributed by atoms with Crippen molar-refractivity contribution in [3.63, 3.8) is 0 Å². The number of rotatable bonds is 3. The minimum atomic E-state index is -0.530. The largest absolute Gasteiger partial charge is 0.461 e. The fourth-order valence-corrected chi connectivity index (χ4v) is 1.78. The van der Waals surface area contributed by atoms with Gasteiger partial charge in [0.1, 0.15) is 11.6 Å². The molecule has 1 aromatic carbocycles. The number of halogens is 2. The van der Waals surface area contributed by atoms with E-state index in [1.165, 1.54) is 12.3 Å². The average molecular weight is 313 g/mol. The molecule has 0 aliphatic rings. The van der Waals surface area contributed by atoms with E-state index in [0.717, 1.165) is 0 Å². The predicted octanol–water partition coefficient (Wildman–Crippen LogP) is 3.16. The highest BCUT2D eigenvalue weighted by Gasteiger charge is 2.14. The molecule has 0 unspecified atom stereocenters. The van der Waals surface area contributed by atoms with E-state index >= 15 is 0 Å². The Kier molecular flexibility index (Phi) is 3.76. The van der Waals surface area contributed by atoms with Crippen molar-refractivity contribution in [3.05, 3.63) is 40.4 Å². The Labute approximate surface area is 111 Å². The van der Waals surface area contributed by atoms with E-state index in [-0.39, 0.29) is 12.3 Å². The summed E-state index contributed by atoms with van der Waals surface area (Å²) < 4.78 is 19.1. The van der Waals surface area contributed by atoms with Gasteiger partial charge in [0, 0.05) is 10.7 Å². The minimum Gasteiger partial charge on any atom is -0.461 e. The third-order valence-electron chi connectivity index (χ3n) is 2.25. The smallest absolute Gasteiger partial charge is 0.358 e. The molecule has 1 N–H and O–H groups in total. The molecule has 0 aliphatic heterocycles. The van der Waals surface area contributed by atoms with Gasteiger partial charge < -0.3 is 9.72 Å². The first-order valence-corrected chi connectivity index (χ1v) is 6.09. The molecule has 0 atom stereocenters. The third-order valence-corrected chi connectivity index (χ3v) is 2.74.